The molecular formula is C21H15F2N3O. The molecule has 0 saturated carbocycles. The average Bonchev–Trinajstić information content (AvgIpc) is 2.80. The number of carbonyl (C=O) groups is 1. The van der Waals surface area contributed by atoms with Gasteiger partial charge in [0.25, 0.3) is 0 Å². The van der Waals surface area contributed by atoms with Gasteiger partial charge in [0.1, 0.15) is 0 Å². The molecule has 0 radical (unpaired) electrons. The number of anilines is 1. The van der Waals surface area contributed by atoms with Gasteiger partial charge >= 0.3 is 0 Å². The molecule has 3 aromatic rings. The normalized spacial score (nSPS) is 13.4. The van der Waals surface area contributed by atoms with Crippen LogP contribution in [0.1, 0.15) is 17.7 Å². The monoisotopic (exact) mass is 363 g/mol. The van der Waals surface area contributed by atoms with Gasteiger partial charge in [-0.15, -0.1) is 0 Å². The molecule has 1 amide bonds. The quantitative estimate of drug-likeness (QED) is 0.711. The maximum Gasteiger partial charge on any atom is 0.230 e. The number of hydrogen-bond acceptors (Lipinski definition) is 3. The Kier molecular flexibility index (Phi) is 4.24. The Morgan fingerprint density at radius 2 is 1.70 bits per heavy atom. The fourth-order valence-corrected chi connectivity index (χ4v) is 3.03. The second kappa shape index (κ2) is 6.72. The number of aliphatic imine (C=N–C) groups is 1. The zero-order valence-electron chi connectivity index (χ0n) is 14.5. The third-order valence-electron chi connectivity index (χ3n) is 4.32. The van der Waals surface area contributed by atoms with Crippen LogP contribution >= 0.6 is 0 Å². The highest BCUT2D eigenvalue weighted by atomic mass is 19.2. The van der Waals surface area contributed by atoms with Gasteiger partial charge in [-0.2, -0.15) is 0 Å². The van der Waals surface area contributed by atoms with E-state index in [9.17, 15) is 13.6 Å². The van der Waals surface area contributed by atoms with Crippen LogP contribution in [-0.4, -0.2) is 16.6 Å². The topological polar surface area (TPSA) is 54.4 Å². The molecule has 1 N–H and O–H groups in total. The number of fused-ring (bicyclic) bond motifs is 1. The predicted molar refractivity (Wildman–Crippen MR) is 100 cm³/mol. The molecule has 134 valence electrons. The zero-order valence-corrected chi connectivity index (χ0v) is 14.5. The fraction of sp³-hybridized carbons (Fsp3) is 0.0952. The maximum absolute atomic E-state index is 13.6. The predicted octanol–water partition coefficient (Wildman–Crippen LogP) is 4.80. The summed E-state index contributed by atoms with van der Waals surface area (Å²) < 4.78 is 27.1. The number of benzene rings is 2. The molecule has 0 atom stereocenters. The summed E-state index contributed by atoms with van der Waals surface area (Å²) in [5, 5.41) is 2.58. The lowest BCUT2D eigenvalue weighted by molar-refractivity contribution is -0.115. The smallest absolute Gasteiger partial charge is 0.230 e. The van der Waals surface area contributed by atoms with Crippen molar-refractivity contribution in [1.82, 2.24) is 4.98 Å². The number of nitrogens with zero attached hydrogens (tertiary/aromatic N) is 2. The Labute approximate surface area is 154 Å². The second-order valence-corrected chi connectivity index (χ2v) is 6.33. The number of pyridine rings is 1. The van der Waals surface area contributed by atoms with Gasteiger partial charge in [-0.3, -0.25) is 9.78 Å². The first-order valence-corrected chi connectivity index (χ1v) is 8.39. The van der Waals surface area contributed by atoms with Gasteiger partial charge in [-0.1, -0.05) is 18.2 Å². The summed E-state index contributed by atoms with van der Waals surface area (Å²) in [6.07, 6.45) is 1.75. The van der Waals surface area contributed by atoms with Gasteiger partial charge in [-0.05, 0) is 41.8 Å². The highest BCUT2D eigenvalue weighted by Crippen LogP contribution is 2.32. The summed E-state index contributed by atoms with van der Waals surface area (Å²) >= 11 is 0. The molecule has 0 unspecified atom stereocenters. The van der Waals surface area contributed by atoms with Crippen molar-refractivity contribution in [3.8, 4) is 11.1 Å². The third kappa shape index (κ3) is 3.46. The molecule has 0 fully saturated rings. The largest absolute Gasteiger partial charge is 0.324 e. The number of aryl methyl sites for hydroxylation is 1. The van der Waals surface area contributed by atoms with E-state index >= 15 is 0 Å². The van der Waals surface area contributed by atoms with Gasteiger partial charge in [0, 0.05) is 24.0 Å². The van der Waals surface area contributed by atoms with E-state index < -0.39 is 11.6 Å². The lowest BCUT2D eigenvalue weighted by Crippen LogP contribution is -2.15. The van der Waals surface area contributed by atoms with Crippen LogP contribution < -0.4 is 5.32 Å². The number of rotatable bonds is 2. The number of hydrogen-bond donors (Lipinski definition) is 1. The molecule has 0 saturated heterocycles. The molecule has 0 bridgehead atoms. The fourth-order valence-electron chi connectivity index (χ4n) is 3.03. The minimum Gasteiger partial charge on any atom is -0.324 e. The van der Waals surface area contributed by atoms with E-state index in [1.807, 2.05) is 43.3 Å². The standard InChI is InChI=1S/C21H15F2N3O/c1-12-7-14(5-6-24-12)13-3-2-4-15(8-13)18-11-21(27)26-20-10-17(23)16(22)9-19(20)25-18/h2-10H,11H2,1H3,(H,26,27). The molecule has 2 heterocycles. The number of amides is 1. The first kappa shape index (κ1) is 17.0. The Morgan fingerprint density at radius 3 is 2.52 bits per heavy atom. The molecule has 1 aromatic heterocycles. The first-order chi connectivity index (χ1) is 13.0. The van der Waals surface area contributed by atoms with E-state index in [4.69, 9.17) is 0 Å². The summed E-state index contributed by atoms with van der Waals surface area (Å²) in [6, 6.07) is 13.4. The molecule has 4 rings (SSSR count). The molecule has 6 heteroatoms. The summed E-state index contributed by atoms with van der Waals surface area (Å²) in [7, 11) is 0. The van der Waals surface area contributed by atoms with Crippen molar-refractivity contribution in [1.29, 1.82) is 0 Å². The summed E-state index contributed by atoms with van der Waals surface area (Å²) in [6.45, 7) is 1.91. The molecular weight excluding hydrogens is 348 g/mol. The number of aromatic nitrogens is 1. The Hall–Kier alpha value is -3.41. The lowest BCUT2D eigenvalue weighted by atomic mass is 10.00. The van der Waals surface area contributed by atoms with E-state index in [0.29, 0.717) is 5.71 Å². The van der Waals surface area contributed by atoms with Gasteiger partial charge in [-0.25, -0.2) is 13.8 Å². The van der Waals surface area contributed by atoms with Crippen molar-refractivity contribution < 1.29 is 13.6 Å². The van der Waals surface area contributed by atoms with Crippen molar-refractivity contribution >= 4 is 23.0 Å². The van der Waals surface area contributed by atoms with E-state index in [0.717, 1.165) is 34.5 Å². The minimum atomic E-state index is -1.03. The molecule has 2 aromatic carbocycles. The third-order valence-corrected chi connectivity index (χ3v) is 4.32. The average molecular weight is 363 g/mol. The molecule has 1 aliphatic heterocycles. The van der Waals surface area contributed by atoms with Crippen molar-refractivity contribution in [2.75, 3.05) is 5.32 Å². The summed E-state index contributed by atoms with van der Waals surface area (Å²) in [5.74, 6) is -2.36. The lowest BCUT2D eigenvalue weighted by Gasteiger charge is -2.08. The van der Waals surface area contributed by atoms with Gasteiger partial charge in [0.2, 0.25) is 5.91 Å². The molecule has 0 spiro atoms. The second-order valence-electron chi connectivity index (χ2n) is 6.33. The van der Waals surface area contributed by atoms with Crippen molar-refractivity contribution in [2.45, 2.75) is 13.3 Å². The highest BCUT2D eigenvalue weighted by Gasteiger charge is 2.19. The van der Waals surface area contributed by atoms with E-state index in [2.05, 4.69) is 15.3 Å². The van der Waals surface area contributed by atoms with Crippen LogP contribution in [0, 0.1) is 18.6 Å². The van der Waals surface area contributed by atoms with Crippen LogP contribution in [0.3, 0.4) is 0 Å². The number of carbonyl (C=O) groups excluding carboxylic acids is 1. The minimum absolute atomic E-state index is 0.0107. The number of nitrogens with one attached hydrogen (secondary N) is 1. The van der Waals surface area contributed by atoms with E-state index in [1.165, 1.54) is 0 Å². The Bertz CT molecular complexity index is 1090. The van der Waals surface area contributed by atoms with Crippen LogP contribution in [0.2, 0.25) is 0 Å². The van der Waals surface area contributed by atoms with Gasteiger partial charge < -0.3 is 5.32 Å². The van der Waals surface area contributed by atoms with E-state index in [-0.39, 0.29) is 23.7 Å². The van der Waals surface area contributed by atoms with Crippen molar-refractivity contribution in [3.63, 3.8) is 0 Å². The van der Waals surface area contributed by atoms with Crippen LogP contribution in [0.25, 0.3) is 11.1 Å². The van der Waals surface area contributed by atoms with Gasteiger partial charge in [0.15, 0.2) is 11.6 Å². The SMILES string of the molecule is Cc1cc(-c2cccc(C3=Nc4cc(F)c(F)cc4NC(=O)C3)c2)ccn1. The molecule has 4 nitrogen and oxygen atoms in total. The first-order valence-electron chi connectivity index (χ1n) is 8.39. The van der Waals surface area contributed by atoms with E-state index in [1.54, 1.807) is 6.20 Å². The van der Waals surface area contributed by atoms with Crippen LogP contribution in [0.5, 0.6) is 0 Å². The van der Waals surface area contributed by atoms with Crippen LogP contribution in [-0.2, 0) is 4.79 Å². The van der Waals surface area contributed by atoms with Gasteiger partial charge in [0.05, 0.1) is 23.5 Å². The molecule has 0 aliphatic carbocycles. The van der Waals surface area contributed by atoms with Crippen LogP contribution in [0.15, 0.2) is 59.7 Å². The molecule has 1 aliphatic rings. The molecule has 27 heavy (non-hydrogen) atoms. The van der Waals surface area contributed by atoms with Crippen molar-refractivity contribution in [3.05, 3.63) is 77.6 Å². The zero-order chi connectivity index (χ0) is 19.0. The summed E-state index contributed by atoms with van der Waals surface area (Å²) in [5.41, 5.74) is 4.44. The Morgan fingerprint density at radius 1 is 0.963 bits per heavy atom. The van der Waals surface area contributed by atoms with Crippen LogP contribution in [0.4, 0.5) is 20.2 Å². The highest BCUT2D eigenvalue weighted by molar-refractivity contribution is 6.17. The Balaban J connectivity index is 1.80. The maximum atomic E-state index is 13.6. The summed E-state index contributed by atoms with van der Waals surface area (Å²) in [4.78, 5) is 20.8. The number of halogens is 2. The van der Waals surface area contributed by atoms with Crippen molar-refractivity contribution in [2.24, 2.45) is 4.99 Å².